The van der Waals surface area contributed by atoms with E-state index in [-0.39, 0.29) is 0 Å². The monoisotopic (exact) mass is 393 g/mol. The van der Waals surface area contributed by atoms with Crippen LogP contribution in [0, 0.1) is 0 Å². The molecule has 0 N–H and O–H groups in total. The molecule has 0 aliphatic carbocycles. The number of benzene rings is 1. The maximum atomic E-state index is 5.31. The highest BCUT2D eigenvalue weighted by Gasteiger charge is 2.11. The number of pyridine rings is 1. The Balaban J connectivity index is 2.90. The molecule has 0 amide bonds. The van der Waals surface area contributed by atoms with E-state index < -0.39 is 0 Å². The molecule has 2 nitrogen and oxygen atoms in total. The van der Waals surface area contributed by atoms with Gasteiger partial charge in [-0.3, -0.25) is 4.98 Å². The Kier molecular flexibility index (Phi) is 3.33. The van der Waals surface area contributed by atoms with Gasteiger partial charge in [0.1, 0.15) is 5.52 Å². The molecule has 2 aromatic rings. The fourth-order valence-electron chi connectivity index (χ4n) is 1.36. The van der Waals surface area contributed by atoms with Crippen molar-refractivity contribution in [2.75, 3.05) is 7.11 Å². The highest BCUT2D eigenvalue weighted by Crippen LogP contribution is 2.37. The van der Waals surface area contributed by atoms with E-state index >= 15 is 0 Å². The molecule has 0 aliphatic rings. The zero-order chi connectivity index (χ0) is 11.0. The normalized spacial score (nSPS) is 10.7. The lowest BCUT2D eigenvalue weighted by Gasteiger charge is -2.08. The SMILES string of the molecule is COc1c(Br)cc(Br)c2cc(Br)cnc12. The highest BCUT2D eigenvalue weighted by atomic mass is 79.9. The molecule has 0 bridgehead atoms. The number of ether oxygens (including phenoxy) is 1. The number of nitrogens with zero attached hydrogens (tertiary/aromatic N) is 1. The molecule has 5 heteroatoms. The highest BCUT2D eigenvalue weighted by molar-refractivity contribution is 9.11. The van der Waals surface area contributed by atoms with Crippen LogP contribution in [0.4, 0.5) is 0 Å². The van der Waals surface area contributed by atoms with Crippen molar-refractivity contribution in [2.45, 2.75) is 0 Å². The number of hydrogen-bond donors (Lipinski definition) is 0. The Bertz CT molecular complexity index is 528. The number of aromatic nitrogens is 1. The van der Waals surface area contributed by atoms with Crippen LogP contribution in [0.25, 0.3) is 10.9 Å². The maximum Gasteiger partial charge on any atom is 0.159 e. The number of halogens is 3. The minimum atomic E-state index is 0.751. The summed E-state index contributed by atoms with van der Waals surface area (Å²) in [6.45, 7) is 0. The molecular formula is C10H6Br3NO. The van der Waals surface area contributed by atoms with Crippen molar-refractivity contribution in [3.63, 3.8) is 0 Å². The van der Waals surface area contributed by atoms with Crippen molar-refractivity contribution in [1.29, 1.82) is 0 Å². The molecular weight excluding hydrogens is 390 g/mol. The van der Waals surface area contributed by atoms with Gasteiger partial charge in [0.15, 0.2) is 5.75 Å². The van der Waals surface area contributed by atoms with E-state index in [0.29, 0.717) is 0 Å². The largest absolute Gasteiger partial charge is 0.493 e. The Morgan fingerprint density at radius 2 is 1.87 bits per heavy atom. The van der Waals surface area contributed by atoms with Gasteiger partial charge in [0.25, 0.3) is 0 Å². The number of fused-ring (bicyclic) bond motifs is 1. The molecule has 0 saturated heterocycles. The van der Waals surface area contributed by atoms with Gasteiger partial charge in [-0.2, -0.15) is 0 Å². The Labute approximate surface area is 112 Å². The maximum absolute atomic E-state index is 5.31. The van der Waals surface area contributed by atoms with Gasteiger partial charge >= 0.3 is 0 Å². The van der Waals surface area contributed by atoms with Crippen LogP contribution in [-0.2, 0) is 0 Å². The van der Waals surface area contributed by atoms with E-state index in [9.17, 15) is 0 Å². The average Bonchev–Trinajstić information content (AvgIpc) is 2.19. The van der Waals surface area contributed by atoms with E-state index in [4.69, 9.17) is 4.74 Å². The topological polar surface area (TPSA) is 22.1 Å². The van der Waals surface area contributed by atoms with Gasteiger partial charge in [-0.05, 0) is 44.0 Å². The van der Waals surface area contributed by atoms with Crippen molar-refractivity contribution < 1.29 is 4.74 Å². The summed E-state index contributed by atoms with van der Waals surface area (Å²) in [5, 5.41) is 1.02. The molecule has 0 aliphatic heterocycles. The first-order valence-corrected chi connectivity index (χ1v) is 6.48. The predicted octanol–water partition coefficient (Wildman–Crippen LogP) is 4.53. The summed E-state index contributed by atoms with van der Waals surface area (Å²) in [7, 11) is 1.64. The van der Waals surface area contributed by atoms with E-state index in [1.165, 1.54) is 0 Å². The van der Waals surface area contributed by atoms with Crippen LogP contribution in [0.15, 0.2) is 31.7 Å². The van der Waals surface area contributed by atoms with Crippen LogP contribution in [0.2, 0.25) is 0 Å². The minimum Gasteiger partial charge on any atom is -0.493 e. The second-order valence-corrected chi connectivity index (χ2v) is 5.55. The zero-order valence-corrected chi connectivity index (χ0v) is 12.5. The summed E-state index contributed by atoms with van der Waals surface area (Å²) in [5.74, 6) is 0.751. The van der Waals surface area contributed by atoms with E-state index in [2.05, 4.69) is 52.8 Å². The first-order valence-electron chi connectivity index (χ1n) is 4.10. The first kappa shape index (κ1) is 11.4. The fourth-order valence-corrected chi connectivity index (χ4v) is 3.11. The van der Waals surface area contributed by atoms with Gasteiger partial charge in [-0.15, -0.1) is 0 Å². The summed E-state index contributed by atoms with van der Waals surface area (Å²) in [6, 6.07) is 3.96. The van der Waals surface area contributed by atoms with Crippen molar-refractivity contribution in [2.24, 2.45) is 0 Å². The van der Waals surface area contributed by atoms with E-state index in [0.717, 1.165) is 30.1 Å². The number of hydrogen-bond acceptors (Lipinski definition) is 2. The van der Waals surface area contributed by atoms with Gasteiger partial charge in [-0.1, -0.05) is 15.9 Å². The Morgan fingerprint density at radius 1 is 1.13 bits per heavy atom. The molecule has 0 unspecified atom stereocenters. The molecule has 1 heterocycles. The lowest BCUT2D eigenvalue weighted by atomic mass is 10.2. The molecule has 0 radical (unpaired) electrons. The van der Waals surface area contributed by atoms with Crippen LogP contribution < -0.4 is 4.74 Å². The van der Waals surface area contributed by atoms with Gasteiger partial charge in [-0.25, -0.2) is 0 Å². The van der Waals surface area contributed by atoms with Crippen LogP contribution in [-0.4, -0.2) is 12.1 Å². The van der Waals surface area contributed by atoms with E-state index in [1.54, 1.807) is 13.3 Å². The zero-order valence-electron chi connectivity index (χ0n) is 7.72. The molecule has 1 aromatic carbocycles. The molecule has 15 heavy (non-hydrogen) atoms. The minimum absolute atomic E-state index is 0.751. The summed E-state index contributed by atoms with van der Waals surface area (Å²) in [4.78, 5) is 4.34. The first-order chi connectivity index (χ1) is 7.13. The molecule has 0 fully saturated rings. The Hall–Kier alpha value is -0.130. The van der Waals surface area contributed by atoms with Crippen molar-refractivity contribution >= 4 is 58.7 Å². The second-order valence-electron chi connectivity index (χ2n) is 2.92. The van der Waals surface area contributed by atoms with Gasteiger partial charge < -0.3 is 4.74 Å². The molecule has 0 saturated carbocycles. The van der Waals surface area contributed by atoms with Crippen LogP contribution >= 0.6 is 47.8 Å². The fraction of sp³-hybridized carbons (Fsp3) is 0.100. The van der Waals surface area contributed by atoms with Crippen LogP contribution in [0.3, 0.4) is 0 Å². The summed E-state index contributed by atoms with van der Waals surface area (Å²) < 4.78 is 8.13. The molecule has 0 spiro atoms. The number of methoxy groups -OCH3 is 1. The van der Waals surface area contributed by atoms with Crippen molar-refractivity contribution in [1.82, 2.24) is 4.98 Å². The van der Waals surface area contributed by atoms with Crippen molar-refractivity contribution in [3.05, 3.63) is 31.7 Å². The predicted molar refractivity (Wildman–Crippen MR) is 71.4 cm³/mol. The third-order valence-corrected chi connectivity index (χ3v) is 3.68. The second kappa shape index (κ2) is 4.39. The van der Waals surface area contributed by atoms with E-state index in [1.807, 2.05) is 12.1 Å². The number of rotatable bonds is 1. The molecule has 0 atom stereocenters. The van der Waals surface area contributed by atoms with Crippen LogP contribution in [0.1, 0.15) is 0 Å². The lowest BCUT2D eigenvalue weighted by molar-refractivity contribution is 0.416. The third kappa shape index (κ3) is 2.05. The standard InChI is InChI=1S/C10H6Br3NO/c1-15-10-8(13)3-7(12)6-2-5(11)4-14-9(6)10/h2-4H,1H3. The average molecular weight is 396 g/mol. The third-order valence-electron chi connectivity index (χ3n) is 2.00. The van der Waals surface area contributed by atoms with Gasteiger partial charge in [0.2, 0.25) is 0 Å². The summed E-state index contributed by atoms with van der Waals surface area (Å²) in [6.07, 6.45) is 1.75. The van der Waals surface area contributed by atoms with Gasteiger partial charge in [0, 0.05) is 20.5 Å². The lowest BCUT2D eigenvalue weighted by Crippen LogP contribution is -1.90. The quantitative estimate of drug-likeness (QED) is 0.707. The Morgan fingerprint density at radius 3 is 2.53 bits per heavy atom. The van der Waals surface area contributed by atoms with Gasteiger partial charge in [0.05, 0.1) is 11.6 Å². The smallest absolute Gasteiger partial charge is 0.159 e. The van der Waals surface area contributed by atoms with Crippen LogP contribution in [0.5, 0.6) is 5.75 Å². The molecule has 1 aromatic heterocycles. The summed E-state index contributed by atoms with van der Waals surface area (Å²) >= 11 is 10.3. The van der Waals surface area contributed by atoms with Crippen molar-refractivity contribution in [3.8, 4) is 5.75 Å². The summed E-state index contributed by atoms with van der Waals surface area (Å²) in [5.41, 5.74) is 0.835. The molecule has 2 rings (SSSR count). The molecule has 78 valence electrons.